The number of ether oxygens (including phenoxy) is 1. The van der Waals surface area contributed by atoms with Crippen LogP contribution in [0.5, 0.6) is 5.75 Å². The number of carboxylic acids is 1. The standard InChI is InChI=1S/C13H15NO5/c1-14(8-3-2-4-9(15)7-8)12(16)10-5-6-11(19-10)13(17)18/h2-4,7,10-11,15H,5-6H2,1H3,(H,17,18)/t10-,11+/m0/s1. The molecule has 1 heterocycles. The van der Waals surface area contributed by atoms with E-state index in [4.69, 9.17) is 9.84 Å². The smallest absolute Gasteiger partial charge is 0.332 e. The van der Waals surface area contributed by atoms with Gasteiger partial charge in [-0.2, -0.15) is 0 Å². The van der Waals surface area contributed by atoms with Gasteiger partial charge in [0.15, 0.2) is 6.10 Å². The zero-order chi connectivity index (χ0) is 14.0. The predicted molar refractivity (Wildman–Crippen MR) is 67.0 cm³/mol. The molecule has 6 nitrogen and oxygen atoms in total. The molecular weight excluding hydrogens is 250 g/mol. The molecule has 19 heavy (non-hydrogen) atoms. The molecular formula is C13H15NO5. The van der Waals surface area contributed by atoms with Crippen LogP contribution in [-0.2, 0) is 14.3 Å². The van der Waals surface area contributed by atoms with Gasteiger partial charge in [-0.05, 0) is 25.0 Å². The Morgan fingerprint density at radius 1 is 1.32 bits per heavy atom. The Morgan fingerprint density at radius 3 is 2.58 bits per heavy atom. The van der Waals surface area contributed by atoms with Gasteiger partial charge in [0.1, 0.15) is 11.9 Å². The third-order valence-electron chi connectivity index (χ3n) is 3.12. The molecule has 0 saturated carbocycles. The largest absolute Gasteiger partial charge is 0.508 e. The lowest BCUT2D eigenvalue weighted by molar-refractivity contribution is -0.151. The topological polar surface area (TPSA) is 87.1 Å². The number of benzene rings is 1. The molecule has 1 amide bonds. The summed E-state index contributed by atoms with van der Waals surface area (Å²) < 4.78 is 5.20. The van der Waals surface area contributed by atoms with Crippen molar-refractivity contribution >= 4 is 17.6 Å². The number of aromatic hydroxyl groups is 1. The van der Waals surface area contributed by atoms with E-state index in [2.05, 4.69) is 0 Å². The SMILES string of the molecule is CN(C(=O)[C@@H]1CC[C@H](C(=O)O)O1)c1cccc(O)c1. The van der Waals surface area contributed by atoms with Crippen molar-refractivity contribution < 1.29 is 24.5 Å². The number of aliphatic carboxylic acids is 1. The van der Waals surface area contributed by atoms with Crippen LogP contribution in [0.4, 0.5) is 5.69 Å². The first-order valence-electron chi connectivity index (χ1n) is 5.94. The number of rotatable bonds is 3. The van der Waals surface area contributed by atoms with Gasteiger partial charge in [-0.15, -0.1) is 0 Å². The molecule has 1 aliphatic heterocycles. The Hall–Kier alpha value is -2.08. The summed E-state index contributed by atoms with van der Waals surface area (Å²) in [5.41, 5.74) is 0.535. The molecule has 1 aliphatic rings. The van der Waals surface area contributed by atoms with E-state index in [9.17, 15) is 14.7 Å². The minimum Gasteiger partial charge on any atom is -0.508 e. The first-order chi connectivity index (χ1) is 8.99. The van der Waals surface area contributed by atoms with Crippen molar-refractivity contribution in [2.45, 2.75) is 25.0 Å². The van der Waals surface area contributed by atoms with Crippen molar-refractivity contribution in [1.82, 2.24) is 0 Å². The number of nitrogens with zero attached hydrogens (tertiary/aromatic N) is 1. The number of phenols is 1. The monoisotopic (exact) mass is 265 g/mol. The zero-order valence-corrected chi connectivity index (χ0v) is 10.4. The molecule has 1 aromatic rings. The van der Waals surface area contributed by atoms with Gasteiger partial charge < -0.3 is 19.8 Å². The number of carbonyl (C=O) groups excluding carboxylic acids is 1. The molecule has 0 aliphatic carbocycles. The Balaban J connectivity index is 2.06. The first kappa shape index (κ1) is 13.4. The van der Waals surface area contributed by atoms with Crippen LogP contribution in [0.25, 0.3) is 0 Å². The molecule has 1 saturated heterocycles. The summed E-state index contributed by atoms with van der Waals surface area (Å²) >= 11 is 0. The van der Waals surface area contributed by atoms with Gasteiger partial charge in [0, 0.05) is 18.8 Å². The van der Waals surface area contributed by atoms with Crippen molar-refractivity contribution in [1.29, 1.82) is 0 Å². The molecule has 102 valence electrons. The van der Waals surface area contributed by atoms with E-state index < -0.39 is 18.2 Å². The fourth-order valence-corrected chi connectivity index (χ4v) is 2.05. The van der Waals surface area contributed by atoms with Crippen LogP contribution in [0, 0.1) is 0 Å². The van der Waals surface area contributed by atoms with E-state index in [1.165, 1.54) is 17.0 Å². The van der Waals surface area contributed by atoms with Gasteiger partial charge in [0.05, 0.1) is 0 Å². The summed E-state index contributed by atoms with van der Waals surface area (Å²) in [4.78, 5) is 24.3. The summed E-state index contributed by atoms with van der Waals surface area (Å²) in [6.07, 6.45) is -0.932. The molecule has 0 spiro atoms. The highest BCUT2D eigenvalue weighted by atomic mass is 16.5. The average molecular weight is 265 g/mol. The number of amides is 1. The number of carbonyl (C=O) groups is 2. The summed E-state index contributed by atoms with van der Waals surface area (Å²) in [7, 11) is 1.56. The second-order valence-electron chi connectivity index (χ2n) is 4.45. The van der Waals surface area contributed by atoms with Gasteiger partial charge in [-0.3, -0.25) is 4.79 Å². The number of hydrogen-bond acceptors (Lipinski definition) is 4. The Kier molecular flexibility index (Phi) is 3.71. The van der Waals surface area contributed by atoms with Crippen molar-refractivity contribution in [2.75, 3.05) is 11.9 Å². The molecule has 1 fully saturated rings. The van der Waals surface area contributed by atoms with Gasteiger partial charge in [0.2, 0.25) is 0 Å². The second kappa shape index (κ2) is 5.27. The lowest BCUT2D eigenvalue weighted by Gasteiger charge is -2.21. The van der Waals surface area contributed by atoms with Gasteiger partial charge in [-0.1, -0.05) is 6.07 Å². The van der Waals surface area contributed by atoms with E-state index >= 15 is 0 Å². The van der Waals surface area contributed by atoms with Crippen LogP contribution < -0.4 is 4.90 Å². The summed E-state index contributed by atoms with van der Waals surface area (Å²) in [6.45, 7) is 0. The maximum absolute atomic E-state index is 12.2. The van der Waals surface area contributed by atoms with Gasteiger partial charge in [-0.25, -0.2) is 4.79 Å². The number of carboxylic acid groups (broad SMARTS) is 1. The van der Waals surface area contributed by atoms with E-state index in [1.807, 2.05) is 0 Å². The highest BCUT2D eigenvalue weighted by Crippen LogP contribution is 2.25. The van der Waals surface area contributed by atoms with Gasteiger partial charge >= 0.3 is 5.97 Å². The third-order valence-corrected chi connectivity index (χ3v) is 3.12. The van der Waals surface area contributed by atoms with E-state index in [0.29, 0.717) is 18.5 Å². The average Bonchev–Trinajstić information content (AvgIpc) is 2.86. The molecule has 2 atom stereocenters. The van der Waals surface area contributed by atoms with Crippen molar-refractivity contribution in [3.05, 3.63) is 24.3 Å². The second-order valence-corrected chi connectivity index (χ2v) is 4.45. The van der Waals surface area contributed by atoms with Crippen LogP contribution in [-0.4, -0.2) is 41.3 Å². The van der Waals surface area contributed by atoms with Crippen LogP contribution in [0.3, 0.4) is 0 Å². The van der Waals surface area contributed by atoms with Gasteiger partial charge in [0.25, 0.3) is 5.91 Å². The number of hydrogen-bond donors (Lipinski definition) is 2. The summed E-state index contributed by atoms with van der Waals surface area (Å²) in [6, 6.07) is 6.28. The molecule has 0 radical (unpaired) electrons. The quantitative estimate of drug-likeness (QED) is 0.851. The minimum atomic E-state index is -1.05. The lowest BCUT2D eigenvalue weighted by atomic mass is 10.1. The molecule has 6 heteroatoms. The highest BCUT2D eigenvalue weighted by Gasteiger charge is 2.36. The van der Waals surface area contributed by atoms with Crippen LogP contribution in [0.1, 0.15) is 12.8 Å². The lowest BCUT2D eigenvalue weighted by Crippen LogP contribution is -2.37. The minimum absolute atomic E-state index is 0.0629. The van der Waals surface area contributed by atoms with E-state index in [0.717, 1.165) is 0 Å². The summed E-state index contributed by atoms with van der Waals surface area (Å²) in [5.74, 6) is -1.29. The van der Waals surface area contributed by atoms with Crippen molar-refractivity contribution in [3.8, 4) is 5.75 Å². The maximum atomic E-state index is 12.2. The van der Waals surface area contributed by atoms with Crippen LogP contribution in [0.2, 0.25) is 0 Å². The third kappa shape index (κ3) is 2.85. The Morgan fingerprint density at radius 2 is 2.00 bits per heavy atom. The molecule has 1 aromatic carbocycles. The normalized spacial score (nSPS) is 22.2. The molecule has 2 N–H and O–H groups in total. The molecule has 0 bridgehead atoms. The van der Waals surface area contributed by atoms with E-state index in [-0.39, 0.29) is 11.7 Å². The molecule has 0 aromatic heterocycles. The fraction of sp³-hybridized carbons (Fsp3) is 0.385. The van der Waals surface area contributed by atoms with Crippen LogP contribution in [0.15, 0.2) is 24.3 Å². The number of anilines is 1. The zero-order valence-electron chi connectivity index (χ0n) is 10.4. The fourth-order valence-electron chi connectivity index (χ4n) is 2.05. The summed E-state index contributed by atoms with van der Waals surface area (Å²) in [5, 5.41) is 18.2. The number of likely N-dealkylation sites (N-methyl/N-ethyl adjacent to an activating group) is 1. The van der Waals surface area contributed by atoms with Crippen molar-refractivity contribution in [2.24, 2.45) is 0 Å². The molecule has 2 rings (SSSR count). The number of phenolic OH excluding ortho intramolecular Hbond substituents is 1. The Bertz CT molecular complexity index is 502. The predicted octanol–water partition coefficient (Wildman–Crippen LogP) is 0.987. The first-order valence-corrected chi connectivity index (χ1v) is 5.94. The Labute approximate surface area is 110 Å². The van der Waals surface area contributed by atoms with E-state index in [1.54, 1.807) is 19.2 Å². The maximum Gasteiger partial charge on any atom is 0.332 e. The van der Waals surface area contributed by atoms with Crippen LogP contribution >= 0.6 is 0 Å². The highest BCUT2D eigenvalue weighted by molar-refractivity contribution is 5.96. The molecule has 0 unspecified atom stereocenters. The van der Waals surface area contributed by atoms with Crippen molar-refractivity contribution in [3.63, 3.8) is 0 Å².